The second-order valence-electron chi connectivity index (χ2n) is 5.90. The number of guanidine groups is 1. The molecule has 1 aromatic carbocycles. The maximum absolute atomic E-state index is 5.51. The molecule has 1 aliphatic rings. The number of hydrogen-bond donors (Lipinski definition) is 2. The molecule has 0 amide bonds. The molecule has 0 atom stereocenters. The molecule has 1 aromatic rings. The quantitative estimate of drug-likeness (QED) is 0.584. The number of thioether (sulfide) groups is 1. The van der Waals surface area contributed by atoms with Crippen LogP contribution in [0.3, 0.4) is 0 Å². The van der Waals surface area contributed by atoms with Crippen LogP contribution >= 0.6 is 11.8 Å². The second kappa shape index (κ2) is 9.79. The lowest BCUT2D eigenvalue weighted by Crippen LogP contribution is -2.47. The first-order valence-corrected chi connectivity index (χ1v) is 9.72. The van der Waals surface area contributed by atoms with Crippen LogP contribution in [-0.2, 0) is 11.3 Å². The van der Waals surface area contributed by atoms with Crippen molar-refractivity contribution >= 4 is 17.7 Å². The van der Waals surface area contributed by atoms with Gasteiger partial charge in [0, 0.05) is 31.1 Å². The van der Waals surface area contributed by atoms with Gasteiger partial charge >= 0.3 is 0 Å². The number of hydrogen-bond acceptors (Lipinski definition) is 4. The largest absolute Gasteiger partial charge is 0.497 e. The van der Waals surface area contributed by atoms with Crippen molar-refractivity contribution in [2.75, 3.05) is 39.7 Å². The third-order valence-electron chi connectivity index (χ3n) is 4.34. The molecule has 0 radical (unpaired) electrons. The van der Waals surface area contributed by atoms with Crippen LogP contribution in [0, 0.1) is 0 Å². The number of nitrogens with zero attached hydrogens (tertiary/aromatic N) is 1. The Morgan fingerprint density at radius 3 is 2.54 bits per heavy atom. The molecule has 0 unspecified atom stereocenters. The number of aliphatic imine (C=N–C) groups is 1. The summed E-state index contributed by atoms with van der Waals surface area (Å²) in [6.07, 6.45) is 4.35. The molecule has 1 fully saturated rings. The standard InChI is InChI=1S/C18H29N3O2S/c1-4-19-17(20-13-15-5-7-16(22-2)8-6-15)21-14-18(24-3)9-11-23-12-10-18/h5-8H,4,9-14H2,1-3H3,(H2,19,20,21). The molecular weight excluding hydrogens is 322 g/mol. The minimum atomic E-state index is 0.245. The van der Waals surface area contributed by atoms with E-state index in [-0.39, 0.29) is 4.75 Å². The predicted molar refractivity (Wildman–Crippen MR) is 102 cm³/mol. The molecule has 0 bridgehead atoms. The van der Waals surface area contributed by atoms with E-state index in [0.717, 1.165) is 50.9 Å². The van der Waals surface area contributed by atoms with Crippen LogP contribution in [0.4, 0.5) is 0 Å². The van der Waals surface area contributed by atoms with E-state index >= 15 is 0 Å². The highest BCUT2D eigenvalue weighted by Gasteiger charge is 2.31. The molecule has 6 heteroatoms. The van der Waals surface area contributed by atoms with Crippen LogP contribution in [-0.4, -0.2) is 50.4 Å². The summed E-state index contributed by atoms with van der Waals surface area (Å²) in [7, 11) is 1.68. The summed E-state index contributed by atoms with van der Waals surface area (Å²) >= 11 is 1.93. The van der Waals surface area contributed by atoms with E-state index in [1.54, 1.807) is 7.11 Å². The summed E-state index contributed by atoms with van der Waals surface area (Å²) in [4.78, 5) is 4.70. The van der Waals surface area contributed by atoms with Crippen molar-refractivity contribution < 1.29 is 9.47 Å². The summed E-state index contributed by atoms with van der Waals surface area (Å²) < 4.78 is 10.9. The van der Waals surface area contributed by atoms with Crippen molar-refractivity contribution in [2.24, 2.45) is 4.99 Å². The fourth-order valence-electron chi connectivity index (χ4n) is 2.68. The van der Waals surface area contributed by atoms with E-state index in [1.807, 2.05) is 36.0 Å². The Balaban J connectivity index is 1.94. The van der Waals surface area contributed by atoms with E-state index in [2.05, 4.69) is 23.8 Å². The first kappa shape index (κ1) is 18.9. The van der Waals surface area contributed by atoms with Crippen molar-refractivity contribution in [2.45, 2.75) is 31.1 Å². The van der Waals surface area contributed by atoms with E-state index in [0.29, 0.717) is 6.54 Å². The molecule has 24 heavy (non-hydrogen) atoms. The van der Waals surface area contributed by atoms with E-state index in [9.17, 15) is 0 Å². The Kier molecular flexibility index (Phi) is 7.72. The van der Waals surface area contributed by atoms with Gasteiger partial charge in [-0.05, 0) is 43.7 Å². The minimum absolute atomic E-state index is 0.245. The Bertz CT molecular complexity index is 514. The Labute approximate surface area is 149 Å². The van der Waals surface area contributed by atoms with Gasteiger partial charge in [0.2, 0.25) is 0 Å². The Morgan fingerprint density at radius 1 is 1.25 bits per heavy atom. The molecular formula is C18H29N3O2S. The van der Waals surface area contributed by atoms with Crippen molar-refractivity contribution in [3.63, 3.8) is 0 Å². The lowest BCUT2D eigenvalue weighted by molar-refractivity contribution is 0.0783. The van der Waals surface area contributed by atoms with Gasteiger partial charge in [-0.25, -0.2) is 4.99 Å². The monoisotopic (exact) mass is 351 g/mol. The van der Waals surface area contributed by atoms with Crippen LogP contribution in [0.15, 0.2) is 29.3 Å². The van der Waals surface area contributed by atoms with E-state index < -0.39 is 0 Å². The summed E-state index contributed by atoms with van der Waals surface area (Å²) in [6.45, 7) is 6.19. The minimum Gasteiger partial charge on any atom is -0.497 e. The topological polar surface area (TPSA) is 54.9 Å². The van der Waals surface area contributed by atoms with Gasteiger partial charge in [-0.3, -0.25) is 0 Å². The first-order valence-electron chi connectivity index (χ1n) is 8.49. The normalized spacial score (nSPS) is 17.4. The van der Waals surface area contributed by atoms with Crippen LogP contribution in [0.5, 0.6) is 5.75 Å². The lowest BCUT2D eigenvalue weighted by Gasteiger charge is -2.36. The summed E-state index contributed by atoms with van der Waals surface area (Å²) in [6, 6.07) is 8.04. The fourth-order valence-corrected chi connectivity index (χ4v) is 3.48. The van der Waals surface area contributed by atoms with Crippen LogP contribution < -0.4 is 15.4 Å². The van der Waals surface area contributed by atoms with Gasteiger partial charge < -0.3 is 20.1 Å². The highest BCUT2D eigenvalue weighted by Crippen LogP contribution is 2.32. The third kappa shape index (κ3) is 5.60. The highest BCUT2D eigenvalue weighted by atomic mass is 32.2. The number of benzene rings is 1. The summed E-state index contributed by atoms with van der Waals surface area (Å²) in [5.41, 5.74) is 1.17. The van der Waals surface area contributed by atoms with Crippen LogP contribution in [0.25, 0.3) is 0 Å². The number of methoxy groups -OCH3 is 1. The molecule has 0 saturated carbocycles. The average Bonchev–Trinajstić information content (AvgIpc) is 2.65. The third-order valence-corrected chi connectivity index (χ3v) is 5.76. The van der Waals surface area contributed by atoms with E-state index in [1.165, 1.54) is 5.56 Å². The molecule has 2 N–H and O–H groups in total. The van der Waals surface area contributed by atoms with Gasteiger partial charge in [-0.15, -0.1) is 0 Å². The van der Waals surface area contributed by atoms with Gasteiger partial charge in [-0.1, -0.05) is 12.1 Å². The van der Waals surface area contributed by atoms with Crippen LogP contribution in [0.1, 0.15) is 25.3 Å². The molecule has 5 nitrogen and oxygen atoms in total. The lowest BCUT2D eigenvalue weighted by atomic mass is 9.99. The molecule has 1 saturated heterocycles. The zero-order chi connectivity index (χ0) is 17.3. The SMILES string of the molecule is CCNC(=NCc1ccc(OC)cc1)NCC1(SC)CCOCC1. The zero-order valence-corrected chi connectivity index (χ0v) is 15.7. The van der Waals surface area contributed by atoms with Crippen LogP contribution in [0.2, 0.25) is 0 Å². The second-order valence-corrected chi connectivity index (χ2v) is 7.17. The van der Waals surface area contributed by atoms with E-state index in [4.69, 9.17) is 14.5 Å². The number of rotatable bonds is 7. The van der Waals surface area contributed by atoms with Gasteiger partial charge in [0.25, 0.3) is 0 Å². The number of nitrogens with one attached hydrogen (secondary N) is 2. The molecule has 2 rings (SSSR count). The van der Waals surface area contributed by atoms with Gasteiger partial charge in [0.15, 0.2) is 5.96 Å². The molecule has 0 spiro atoms. The highest BCUT2D eigenvalue weighted by molar-refractivity contribution is 8.00. The average molecular weight is 352 g/mol. The summed E-state index contributed by atoms with van der Waals surface area (Å²) in [5, 5.41) is 6.84. The Morgan fingerprint density at radius 2 is 1.96 bits per heavy atom. The molecule has 0 aliphatic carbocycles. The number of ether oxygens (including phenoxy) is 2. The molecule has 0 aromatic heterocycles. The fraction of sp³-hybridized carbons (Fsp3) is 0.611. The first-order chi connectivity index (χ1) is 11.7. The molecule has 1 aliphatic heterocycles. The molecule has 134 valence electrons. The maximum Gasteiger partial charge on any atom is 0.191 e. The Hall–Kier alpha value is -1.40. The van der Waals surface area contributed by atoms with Crippen molar-refractivity contribution in [1.82, 2.24) is 10.6 Å². The van der Waals surface area contributed by atoms with Gasteiger partial charge in [0.05, 0.1) is 13.7 Å². The molecule has 1 heterocycles. The smallest absolute Gasteiger partial charge is 0.191 e. The van der Waals surface area contributed by atoms with Gasteiger partial charge in [0.1, 0.15) is 5.75 Å². The van der Waals surface area contributed by atoms with Crippen molar-refractivity contribution in [3.8, 4) is 5.75 Å². The zero-order valence-electron chi connectivity index (χ0n) is 14.9. The van der Waals surface area contributed by atoms with Crippen molar-refractivity contribution in [3.05, 3.63) is 29.8 Å². The maximum atomic E-state index is 5.51. The predicted octanol–water partition coefficient (Wildman–Crippen LogP) is 2.66. The van der Waals surface area contributed by atoms with Crippen molar-refractivity contribution in [1.29, 1.82) is 0 Å². The van der Waals surface area contributed by atoms with Gasteiger partial charge in [-0.2, -0.15) is 11.8 Å². The summed E-state index contributed by atoms with van der Waals surface area (Å²) in [5.74, 6) is 1.74.